The number of hydrogen-bond acceptors (Lipinski definition) is 6. The number of aliphatic hydroxyl groups excluding tert-OH is 1. The van der Waals surface area contributed by atoms with Crippen LogP contribution in [0.4, 0.5) is 8.78 Å². The number of carbonyl (C=O) groups excluding carboxylic acids is 1. The highest BCUT2D eigenvalue weighted by Crippen LogP contribution is 2.16. The number of benzene rings is 1. The molecule has 0 unspecified atom stereocenters. The number of rotatable bonds is 7. The molecule has 0 saturated carbocycles. The first-order valence-corrected chi connectivity index (χ1v) is 7.78. The monoisotopic (exact) mass is 398 g/mol. The van der Waals surface area contributed by atoms with Crippen molar-refractivity contribution in [3.8, 4) is 5.75 Å². The molecule has 0 saturated heterocycles. The Morgan fingerprint density at radius 3 is 2.50 bits per heavy atom. The minimum atomic E-state index is -1.98. The molecule has 0 radical (unpaired) electrons. The van der Waals surface area contributed by atoms with Crippen molar-refractivity contribution < 1.29 is 38.4 Å². The number of nitrogens with zero attached hydrogens (tertiary/aromatic N) is 1. The molecule has 2 aromatic rings. The number of ether oxygens (including phenoxy) is 1. The molecule has 0 aliphatic rings. The summed E-state index contributed by atoms with van der Waals surface area (Å²) >= 11 is 0. The minimum absolute atomic E-state index is 0.0463. The number of methoxy groups -OCH3 is 1. The highest BCUT2D eigenvalue weighted by Gasteiger charge is 2.25. The summed E-state index contributed by atoms with van der Waals surface area (Å²) in [5.41, 5.74) is -2.35. The normalized spacial score (nSPS) is 10.8. The largest absolute Gasteiger partial charge is 0.491 e. The zero-order valence-corrected chi connectivity index (χ0v) is 14.5. The van der Waals surface area contributed by atoms with E-state index in [9.17, 15) is 28.3 Å². The minimum Gasteiger partial charge on any atom is -0.491 e. The average molecular weight is 398 g/mol. The van der Waals surface area contributed by atoms with Gasteiger partial charge in [0.15, 0.2) is 17.7 Å². The van der Waals surface area contributed by atoms with Crippen LogP contribution in [-0.4, -0.2) is 45.2 Å². The van der Waals surface area contributed by atoms with E-state index in [-0.39, 0.29) is 12.1 Å². The van der Waals surface area contributed by atoms with Gasteiger partial charge < -0.3 is 29.9 Å². The second-order valence-electron chi connectivity index (χ2n) is 5.61. The Kier molecular flexibility index (Phi) is 6.44. The van der Waals surface area contributed by atoms with Crippen LogP contribution in [0.3, 0.4) is 0 Å². The summed E-state index contributed by atoms with van der Waals surface area (Å²) in [6.07, 6.45) is -1.15. The van der Waals surface area contributed by atoms with E-state index < -0.39 is 58.8 Å². The topological polar surface area (TPSA) is 138 Å². The second kappa shape index (κ2) is 8.59. The molecule has 0 atom stereocenters. The number of aliphatic hydroxyl groups is 2. The molecule has 0 aliphatic carbocycles. The van der Waals surface area contributed by atoms with Crippen molar-refractivity contribution in [3.63, 3.8) is 0 Å². The summed E-state index contributed by atoms with van der Waals surface area (Å²) in [5.74, 6) is -4.97. The maximum absolute atomic E-state index is 13.7. The summed E-state index contributed by atoms with van der Waals surface area (Å²) in [5, 5.41) is 29.8. The van der Waals surface area contributed by atoms with E-state index >= 15 is 0 Å². The van der Waals surface area contributed by atoms with Gasteiger partial charge in [-0.1, -0.05) is 6.07 Å². The number of aromatic carboxylic acids is 1. The number of pyridine rings is 1. The molecule has 0 aliphatic heterocycles. The maximum atomic E-state index is 13.7. The molecule has 2 rings (SSSR count). The molecule has 9 nitrogen and oxygen atoms in total. The van der Waals surface area contributed by atoms with Crippen LogP contribution in [-0.2, 0) is 13.1 Å². The van der Waals surface area contributed by atoms with Crippen LogP contribution in [0.25, 0.3) is 0 Å². The Hall–Kier alpha value is -3.31. The van der Waals surface area contributed by atoms with Gasteiger partial charge in [-0.3, -0.25) is 9.59 Å². The molecule has 1 aromatic heterocycles. The Balaban J connectivity index is 2.41. The number of carboxylic acids is 1. The third-order valence-corrected chi connectivity index (χ3v) is 3.70. The van der Waals surface area contributed by atoms with Crippen molar-refractivity contribution in [2.45, 2.75) is 19.4 Å². The summed E-state index contributed by atoms with van der Waals surface area (Å²) in [7, 11) is 1.01. The third kappa shape index (κ3) is 4.50. The Morgan fingerprint density at radius 2 is 1.96 bits per heavy atom. The van der Waals surface area contributed by atoms with Crippen LogP contribution in [0, 0.1) is 11.6 Å². The van der Waals surface area contributed by atoms with Gasteiger partial charge in [0.2, 0.25) is 5.43 Å². The first kappa shape index (κ1) is 21.0. The van der Waals surface area contributed by atoms with Crippen molar-refractivity contribution in [1.29, 1.82) is 0 Å². The molecule has 0 spiro atoms. The highest BCUT2D eigenvalue weighted by atomic mass is 19.1. The van der Waals surface area contributed by atoms with Crippen LogP contribution in [0.2, 0.25) is 0 Å². The first-order chi connectivity index (χ1) is 13.1. The van der Waals surface area contributed by atoms with Crippen molar-refractivity contribution in [2.75, 3.05) is 7.11 Å². The Labute approximate surface area is 156 Å². The molecule has 28 heavy (non-hydrogen) atoms. The van der Waals surface area contributed by atoms with E-state index in [2.05, 4.69) is 5.32 Å². The summed E-state index contributed by atoms with van der Waals surface area (Å²) in [6, 6.07) is 2.73. The number of halogens is 2. The van der Waals surface area contributed by atoms with Gasteiger partial charge in [0, 0.05) is 24.4 Å². The number of nitrogens with one attached hydrogen (secondary N) is 1. The fourth-order valence-corrected chi connectivity index (χ4v) is 2.47. The lowest BCUT2D eigenvalue weighted by atomic mass is 10.1. The number of hydrogen-bond donors (Lipinski definition) is 4. The number of aromatic nitrogens is 1. The zero-order chi connectivity index (χ0) is 21.0. The molecule has 0 bridgehead atoms. The van der Waals surface area contributed by atoms with E-state index in [1.807, 2.05) is 0 Å². The van der Waals surface area contributed by atoms with Gasteiger partial charge >= 0.3 is 5.97 Å². The van der Waals surface area contributed by atoms with Crippen LogP contribution in [0.15, 0.2) is 29.2 Å². The molecule has 1 aromatic carbocycles. The molecular weight excluding hydrogens is 382 g/mol. The first-order valence-electron chi connectivity index (χ1n) is 7.78. The fraction of sp³-hybridized carbons (Fsp3) is 0.235. The Bertz CT molecular complexity index is 973. The number of carbonyl (C=O) groups is 2. The van der Waals surface area contributed by atoms with E-state index in [0.29, 0.717) is 6.07 Å². The van der Waals surface area contributed by atoms with Crippen LogP contribution >= 0.6 is 0 Å². The fourth-order valence-electron chi connectivity index (χ4n) is 2.47. The summed E-state index contributed by atoms with van der Waals surface area (Å²) in [6.45, 7) is -1.04. The average Bonchev–Trinajstić information content (AvgIpc) is 2.60. The predicted octanol–water partition coefficient (Wildman–Crippen LogP) is 0.0740. The van der Waals surface area contributed by atoms with Crippen molar-refractivity contribution in [3.05, 3.63) is 63.1 Å². The van der Waals surface area contributed by atoms with Crippen molar-refractivity contribution >= 4 is 11.9 Å². The molecule has 1 heterocycles. The highest BCUT2D eigenvalue weighted by molar-refractivity contribution is 5.96. The van der Waals surface area contributed by atoms with Gasteiger partial charge in [-0.15, -0.1) is 0 Å². The third-order valence-electron chi connectivity index (χ3n) is 3.70. The quantitative estimate of drug-likeness (QED) is 0.485. The van der Waals surface area contributed by atoms with Crippen molar-refractivity contribution in [1.82, 2.24) is 9.88 Å². The van der Waals surface area contributed by atoms with Crippen molar-refractivity contribution in [2.24, 2.45) is 0 Å². The molecule has 4 N–H and O–H groups in total. The van der Waals surface area contributed by atoms with Gasteiger partial charge in [0.05, 0.1) is 13.7 Å². The lowest BCUT2D eigenvalue weighted by Gasteiger charge is -2.16. The van der Waals surface area contributed by atoms with Gasteiger partial charge in [0.1, 0.15) is 17.2 Å². The maximum Gasteiger partial charge on any atom is 0.356 e. The number of amides is 1. The zero-order valence-electron chi connectivity index (χ0n) is 14.5. The van der Waals surface area contributed by atoms with Crippen LogP contribution < -0.4 is 15.5 Å². The summed E-state index contributed by atoms with van der Waals surface area (Å²) < 4.78 is 32.1. The van der Waals surface area contributed by atoms with Gasteiger partial charge in [-0.25, -0.2) is 13.6 Å². The predicted molar refractivity (Wildman–Crippen MR) is 90.0 cm³/mol. The smallest absolute Gasteiger partial charge is 0.356 e. The van der Waals surface area contributed by atoms with E-state index in [1.165, 1.54) is 0 Å². The Morgan fingerprint density at radius 1 is 1.29 bits per heavy atom. The lowest BCUT2D eigenvalue weighted by Crippen LogP contribution is -2.33. The standard InChI is InChI=1S/C17H16F2N2O7/c1-28-15-13(17(26)27)21(7-12(22)23)6-10(14(15)24)16(25)20-5-8-2-3-9(18)4-11(8)19/h2-4,6,12,22-23H,5,7H2,1H3,(H,20,25)(H,26,27). The number of carboxylic acid groups (broad SMARTS) is 1. The SMILES string of the molecule is COc1c(C(=O)O)n(CC(O)O)cc(C(=O)NCc2ccc(F)cc2F)c1=O. The second-order valence-corrected chi connectivity index (χ2v) is 5.61. The van der Waals surface area contributed by atoms with Crippen LogP contribution in [0.1, 0.15) is 26.4 Å². The lowest BCUT2D eigenvalue weighted by molar-refractivity contribution is -0.0518. The van der Waals surface area contributed by atoms with Gasteiger partial charge in [-0.2, -0.15) is 0 Å². The van der Waals surface area contributed by atoms with E-state index in [0.717, 1.165) is 30.0 Å². The van der Waals surface area contributed by atoms with Gasteiger partial charge in [0.25, 0.3) is 5.91 Å². The molecule has 11 heteroatoms. The molecule has 1 amide bonds. The summed E-state index contributed by atoms with van der Waals surface area (Å²) in [4.78, 5) is 36.2. The molecule has 0 fully saturated rings. The molecule has 150 valence electrons. The van der Waals surface area contributed by atoms with E-state index in [1.54, 1.807) is 0 Å². The van der Waals surface area contributed by atoms with E-state index in [4.69, 9.17) is 14.9 Å². The van der Waals surface area contributed by atoms with Crippen LogP contribution in [0.5, 0.6) is 5.75 Å². The van der Waals surface area contributed by atoms with Gasteiger partial charge in [-0.05, 0) is 6.07 Å². The molecular formula is C17H16F2N2O7.